The molecule has 1 aromatic rings. The molecule has 4 heteroatoms. The molecule has 1 atom stereocenters. The fraction of sp³-hybridized carbons (Fsp3) is 0.667. The van der Waals surface area contributed by atoms with E-state index in [9.17, 15) is 0 Å². The van der Waals surface area contributed by atoms with Crippen LogP contribution < -0.4 is 9.47 Å². The SMILES string of the molecule is CCCCCCCC=CC1(C)CCc2c(C)c(OCOCO)c(C)c(C)c2O1. The van der Waals surface area contributed by atoms with Crippen LogP contribution in [-0.2, 0) is 11.2 Å². The maximum atomic E-state index is 8.80. The van der Waals surface area contributed by atoms with E-state index in [0.29, 0.717) is 0 Å². The lowest BCUT2D eigenvalue weighted by atomic mass is 9.87. The van der Waals surface area contributed by atoms with Crippen LogP contribution in [0.2, 0.25) is 0 Å². The molecule has 0 fully saturated rings. The number of unbranched alkanes of at least 4 members (excludes halogenated alkanes) is 5. The first-order valence-corrected chi connectivity index (χ1v) is 10.7. The second-order valence-corrected chi connectivity index (χ2v) is 8.13. The predicted octanol–water partition coefficient (Wildman–Crippen LogP) is 5.91. The Morgan fingerprint density at radius 1 is 1.07 bits per heavy atom. The average molecular weight is 391 g/mol. The topological polar surface area (TPSA) is 47.9 Å². The largest absolute Gasteiger partial charge is 0.483 e. The number of ether oxygens (including phenoxy) is 3. The van der Waals surface area contributed by atoms with E-state index in [1.807, 2.05) is 0 Å². The minimum absolute atomic E-state index is 0.0516. The van der Waals surface area contributed by atoms with Crippen molar-refractivity contribution in [2.75, 3.05) is 13.6 Å². The summed E-state index contributed by atoms with van der Waals surface area (Å²) < 4.78 is 17.2. The highest BCUT2D eigenvalue weighted by Crippen LogP contribution is 2.44. The molecule has 1 heterocycles. The molecule has 0 radical (unpaired) electrons. The van der Waals surface area contributed by atoms with Gasteiger partial charge in [0.15, 0.2) is 6.79 Å². The molecule has 0 aromatic heterocycles. The lowest BCUT2D eigenvalue weighted by molar-refractivity contribution is -0.0658. The number of aliphatic hydroxyl groups is 1. The molecule has 0 saturated heterocycles. The van der Waals surface area contributed by atoms with E-state index < -0.39 is 0 Å². The first-order valence-electron chi connectivity index (χ1n) is 10.7. The Morgan fingerprint density at radius 2 is 1.82 bits per heavy atom. The Kier molecular flexibility index (Phi) is 8.84. The summed E-state index contributed by atoms with van der Waals surface area (Å²) in [5.41, 5.74) is 4.29. The maximum Gasteiger partial charge on any atom is 0.191 e. The molecular formula is C24H38O4. The summed E-state index contributed by atoms with van der Waals surface area (Å²) in [7, 11) is 0. The molecule has 1 unspecified atom stereocenters. The number of aliphatic hydroxyl groups excluding tert-OH is 1. The van der Waals surface area contributed by atoms with Gasteiger partial charge >= 0.3 is 0 Å². The van der Waals surface area contributed by atoms with E-state index in [1.54, 1.807) is 0 Å². The highest BCUT2D eigenvalue weighted by atomic mass is 16.7. The van der Waals surface area contributed by atoms with Crippen molar-refractivity contribution in [3.63, 3.8) is 0 Å². The van der Waals surface area contributed by atoms with Gasteiger partial charge in [-0.1, -0.05) is 38.7 Å². The van der Waals surface area contributed by atoms with Gasteiger partial charge < -0.3 is 19.3 Å². The van der Waals surface area contributed by atoms with Gasteiger partial charge in [0.25, 0.3) is 0 Å². The third-order valence-corrected chi connectivity index (χ3v) is 5.84. The summed E-state index contributed by atoms with van der Waals surface area (Å²) in [6.45, 7) is 10.4. The van der Waals surface area contributed by atoms with Gasteiger partial charge in [0, 0.05) is 5.56 Å². The third kappa shape index (κ3) is 5.74. The van der Waals surface area contributed by atoms with Crippen LogP contribution in [0, 0.1) is 20.8 Å². The van der Waals surface area contributed by atoms with Crippen LogP contribution >= 0.6 is 0 Å². The number of rotatable bonds is 11. The molecule has 2 rings (SSSR count). The molecular weight excluding hydrogens is 352 g/mol. The van der Waals surface area contributed by atoms with Gasteiger partial charge in [0.2, 0.25) is 0 Å². The summed E-state index contributed by atoms with van der Waals surface area (Å²) in [5, 5.41) is 8.80. The third-order valence-electron chi connectivity index (χ3n) is 5.84. The smallest absolute Gasteiger partial charge is 0.191 e. The Labute approximate surface area is 170 Å². The summed E-state index contributed by atoms with van der Waals surface area (Å²) in [6.07, 6.45) is 14.2. The molecule has 1 aliphatic heterocycles. The van der Waals surface area contributed by atoms with E-state index in [1.165, 1.54) is 37.7 Å². The van der Waals surface area contributed by atoms with Crippen LogP contribution in [-0.4, -0.2) is 24.3 Å². The highest BCUT2D eigenvalue weighted by molar-refractivity contribution is 5.59. The van der Waals surface area contributed by atoms with Gasteiger partial charge in [-0.05, 0) is 76.1 Å². The second kappa shape index (κ2) is 10.9. The molecule has 0 amide bonds. The van der Waals surface area contributed by atoms with Crippen molar-refractivity contribution < 1.29 is 19.3 Å². The number of hydrogen-bond acceptors (Lipinski definition) is 4. The molecule has 0 bridgehead atoms. The monoisotopic (exact) mass is 390 g/mol. The van der Waals surface area contributed by atoms with Gasteiger partial charge in [-0.2, -0.15) is 0 Å². The van der Waals surface area contributed by atoms with Crippen molar-refractivity contribution in [2.45, 2.75) is 91.6 Å². The zero-order valence-electron chi connectivity index (χ0n) is 18.4. The van der Waals surface area contributed by atoms with Gasteiger partial charge in [-0.25, -0.2) is 0 Å². The summed E-state index contributed by atoms with van der Waals surface area (Å²) in [5.74, 6) is 1.85. The van der Waals surface area contributed by atoms with Crippen molar-refractivity contribution in [2.24, 2.45) is 0 Å². The fourth-order valence-electron chi connectivity index (χ4n) is 3.92. The first-order chi connectivity index (χ1) is 13.4. The van der Waals surface area contributed by atoms with Crippen LogP contribution in [0.1, 0.15) is 81.0 Å². The molecule has 1 aromatic carbocycles. The van der Waals surface area contributed by atoms with Gasteiger partial charge in [-0.3, -0.25) is 0 Å². The number of benzene rings is 1. The summed E-state index contributed by atoms with van der Waals surface area (Å²) in [6, 6.07) is 0. The van der Waals surface area contributed by atoms with E-state index in [-0.39, 0.29) is 19.2 Å². The number of fused-ring (bicyclic) bond motifs is 1. The van der Waals surface area contributed by atoms with Crippen LogP contribution in [0.15, 0.2) is 12.2 Å². The summed E-state index contributed by atoms with van der Waals surface area (Å²) >= 11 is 0. The second-order valence-electron chi connectivity index (χ2n) is 8.13. The quantitative estimate of drug-likeness (QED) is 0.290. The van der Waals surface area contributed by atoms with Gasteiger partial charge in [0.1, 0.15) is 23.9 Å². The molecule has 1 aliphatic rings. The molecule has 0 aliphatic carbocycles. The minimum Gasteiger partial charge on any atom is -0.483 e. The predicted molar refractivity (Wildman–Crippen MR) is 114 cm³/mol. The molecule has 28 heavy (non-hydrogen) atoms. The van der Waals surface area contributed by atoms with Crippen LogP contribution in [0.3, 0.4) is 0 Å². The molecule has 4 nitrogen and oxygen atoms in total. The normalized spacial score (nSPS) is 18.9. The van der Waals surface area contributed by atoms with Crippen LogP contribution in [0.4, 0.5) is 0 Å². The summed E-state index contributed by atoms with van der Waals surface area (Å²) in [4.78, 5) is 0. The zero-order valence-corrected chi connectivity index (χ0v) is 18.4. The van der Waals surface area contributed by atoms with E-state index >= 15 is 0 Å². The minimum atomic E-state index is -0.339. The van der Waals surface area contributed by atoms with Crippen LogP contribution in [0.25, 0.3) is 0 Å². The Hall–Kier alpha value is -1.52. The van der Waals surface area contributed by atoms with E-state index in [2.05, 4.69) is 46.8 Å². The molecule has 1 N–H and O–H groups in total. The van der Waals surface area contributed by atoms with E-state index in [4.69, 9.17) is 19.3 Å². The molecule has 158 valence electrons. The lowest BCUT2D eigenvalue weighted by Gasteiger charge is -2.36. The van der Waals surface area contributed by atoms with Gasteiger partial charge in [0.05, 0.1) is 0 Å². The van der Waals surface area contributed by atoms with Crippen molar-refractivity contribution >= 4 is 0 Å². The highest BCUT2D eigenvalue weighted by Gasteiger charge is 2.32. The Bertz CT molecular complexity index is 665. The van der Waals surface area contributed by atoms with E-state index in [0.717, 1.165) is 47.5 Å². The maximum absolute atomic E-state index is 8.80. The fourth-order valence-corrected chi connectivity index (χ4v) is 3.92. The first kappa shape index (κ1) is 22.8. The lowest BCUT2D eigenvalue weighted by Crippen LogP contribution is -2.35. The van der Waals surface area contributed by atoms with Crippen molar-refractivity contribution in [1.82, 2.24) is 0 Å². The van der Waals surface area contributed by atoms with Crippen LogP contribution in [0.5, 0.6) is 11.5 Å². The number of hydrogen-bond donors (Lipinski definition) is 1. The molecule has 0 saturated carbocycles. The Balaban J connectivity index is 2.07. The van der Waals surface area contributed by atoms with Crippen molar-refractivity contribution in [3.8, 4) is 11.5 Å². The van der Waals surface area contributed by atoms with Crippen molar-refractivity contribution in [3.05, 3.63) is 34.4 Å². The standard InChI is InChI=1S/C24H38O4/c1-6-7-8-9-10-11-12-14-24(5)15-13-21-20(4)22(27-17-26-16-25)18(2)19(3)23(21)28-24/h12,14,25H,6-11,13,15-17H2,1-5H3. The molecule has 0 spiro atoms. The zero-order chi connectivity index (χ0) is 20.6. The average Bonchev–Trinajstić information content (AvgIpc) is 2.68. The Morgan fingerprint density at radius 3 is 2.54 bits per heavy atom. The number of allylic oxidation sites excluding steroid dienone is 1. The van der Waals surface area contributed by atoms with Crippen molar-refractivity contribution in [1.29, 1.82) is 0 Å². The van der Waals surface area contributed by atoms with Gasteiger partial charge in [-0.15, -0.1) is 0 Å².